The molecule has 0 radical (unpaired) electrons. The maximum absolute atomic E-state index is 15.5. The van der Waals surface area contributed by atoms with E-state index < -0.39 is 191 Å². The number of hydrogen-bond donors (Lipinski definition) is 29. The number of H-pyrrole nitrogens is 1. The Bertz CT molecular complexity index is 4520. The van der Waals surface area contributed by atoms with Crippen molar-refractivity contribution in [1.29, 1.82) is 10.8 Å². The summed E-state index contributed by atoms with van der Waals surface area (Å²) in [6.07, 6.45) is 6.51. The average Bonchev–Trinajstić information content (AvgIpc) is 1.05. The van der Waals surface area contributed by atoms with Gasteiger partial charge in [-0.3, -0.25) is 82.7 Å². The highest BCUT2D eigenvalue weighted by molar-refractivity contribution is 6.01. The molecule has 0 unspecified atom stereocenters. The second kappa shape index (κ2) is 68.3. The maximum Gasteiger partial charge on any atom is 0.243 e. The van der Waals surface area contributed by atoms with Gasteiger partial charge in [0.25, 0.3) is 0 Å². The van der Waals surface area contributed by atoms with E-state index in [4.69, 9.17) is 68.2 Å². The standard InChI is InChI=1S/C97H162N30O15/c1-59(2)52-74(90(137)118-66(36-16-22-44-98)82(129)115-70(40-20-26-48-102)88(135)126-78(56-65-57-110-58-113-65)94(141)127-80(61(5)6)81(105)128)122-86(133)68(38-18-24-46-100)116-85(132)72(42-28-50-111-96(106)107)120-92(139)76(54-63-32-12-8-13-33-63)125-93(140)77(55-64-34-14-9-15-35-64)124-87(134)69(39-19-25-47-101)114-83(130)67(37-17-23-45-99)119-91(138)75(53-62-30-10-7-11-31-62)123-89(136)73(43-29-51-112-97(108)109)117-84(131)71(41-21-27-49-103)121-95(142)79(104)60(3)4/h7-15,30-35,57-61,66-80H,16-29,36-56,98-104H2,1-6H3,(H2,105,128)(H,110,113)(H,114,130)(H,115,129)(H,116,132)(H,117,131)(H,118,137)(H,119,138)(H,120,139)(H,121,142)(H,122,133)(H,123,136)(H,124,134)(H,125,140)(H,126,135)(H,127,141)(H4,106,107,111)(H4,108,109,112)/t66-,67-,68-,69-,70-,71-,72-,73-,74-,75-,76-,77-,78-,79-,80-/m0/s1. The lowest BCUT2D eigenvalue weighted by atomic mass is 10.00. The first kappa shape index (κ1) is 121. The fraction of sp³-hybridized carbons (Fsp3) is 0.608. The fourth-order valence-corrected chi connectivity index (χ4v) is 15.5. The molecule has 1 aromatic heterocycles. The predicted molar refractivity (Wildman–Crippen MR) is 542 cm³/mol. The van der Waals surface area contributed by atoms with Crippen LogP contribution >= 0.6 is 0 Å². The molecule has 0 bridgehead atoms. The Morgan fingerprint density at radius 2 is 0.528 bits per heavy atom. The number of guanidine groups is 2. The first-order valence-electron chi connectivity index (χ1n) is 49.6. The number of hydrogen-bond acceptors (Lipinski definition) is 25. The van der Waals surface area contributed by atoms with Crippen molar-refractivity contribution in [1.82, 2.24) is 95.0 Å². The summed E-state index contributed by atoms with van der Waals surface area (Å²) in [5.41, 5.74) is 60.9. The van der Waals surface area contributed by atoms with Crippen LogP contribution < -0.4 is 142 Å². The Morgan fingerprint density at radius 3 is 0.761 bits per heavy atom. The van der Waals surface area contributed by atoms with E-state index in [-0.39, 0.29) is 179 Å². The number of imidazole rings is 1. The summed E-state index contributed by atoms with van der Waals surface area (Å²) >= 11 is 0. The first-order chi connectivity index (χ1) is 67.9. The van der Waals surface area contributed by atoms with Gasteiger partial charge < -0.3 is 147 Å². The van der Waals surface area contributed by atoms with Crippen LogP contribution in [0.3, 0.4) is 0 Å². The van der Waals surface area contributed by atoms with Crippen molar-refractivity contribution < 1.29 is 71.9 Å². The van der Waals surface area contributed by atoms with Crippen molar-refractivity contribution >= 4 is 101 Å². The number of rotatable bonds is 73. The number of amides is 15. The monoisotopic (exact) mass is 1990 g/mol. The average molecular weight is 1990 g/mol. The van der Waals surface area contributed by atoms with Crippen LogP contribution in [0, 0.1) is 28.6 Å². The second-order valence-electron chi connectivity index (χ2n) is 36.8. The zero-order chi connectivity index (χ0) is 105. The molecule has 45 heteroatoms. The van der Waals surface area contributed by atoms with E-state index >= 15 is 33.6 Å². The minimum Gasteiger partial charge on any atom is -0.370 e. The third-order valence-corrected chi connectivity index (χ3v) is 23.7. The summed E-state index contributed by atoms with van der Waals surface area (Å²) in [5, 5.41) is 60.0. The lowest BCUT2D eigenvalue weighted by Crippen LogP contribution is -2.61. The molecule has 0 aliphatic rings. The lowest BCUT2D eigenvalue weighted by Gasteiger charge is -2.29. The molecule has 1 heterocycles. The Balaban J connectivity index is 1.76. The highest BCUT2D eigenvalue weighted by Gasteiger charge is 2.40. The largest absolute Gasteiger partial charge is 0.370 e. The molecule has 3 aromatic carbocycles. The topological polar surface area (TPSA) is 785 Å². The van der Waals surface area contributed by atoms with E-state index in [9.17, 15) is 38.4 Å². The van der Waals surface area contributed by atoms with Crippen LogP contribution in [-0.4, -0.2) is 253 Å². The van der Waals surface area contributed by atoms with Gasteiger partial charge in [0.15, 0.2) is 11.9 Å². The number of aromatic nitrogens is 2. The summed E-state index contributed by atoms with van der Waals surface area (Å²) in [7, 11) is 0. The van der Waals surface area contributed by atoms with Gasteiger partial charge in [-0.25, -0.2) is 4.98 Å². The predicted octanol–water partition coefficient (Wildman–Crippen LogP) is -3.06. The maximum atomic E-state index is 15.5. The van der Waals surface area contributed by atoms with Gasteiger partial charge in [0, 0.05) is 50.7 Å². The molecule has 0 saturated heterocycles. The summed E-state index contributed by atoms with van der Waals surface area (Å²) in [6.45, 7) is 11.9. The SMILES string of the molecule is CC(C)C[C@H](NC(=O)[C@H](CCCCN)NC(=O)[C@H](CCCNC(=N)N)NC(=O)[C@H](Cc1ccccc1)NC(=O)[C@H](Cc1ccccc1)NC(=O)[C@H](CCCCN)NC(=O)[C@H](CCCCN)NC(=O)[C@H](Cc1ccccc1)NC(=O)[C@H](CCCNC(=N)N)NC(=O)[C@H](CCCCN)NC(=O)[C@@H](N)C(C)C)C(=O)N[C@@H](CCCCN)C(=O)N[C@@H](CCCCN)C(=O)N[C@@H](Cc1cnc[nH]1)C(=O)N[C@H](C(N)=O)C(C)C. The molecule has 4 rings (SSSR count). The van der Waals surface area contributed by atoms with Crippen molar-refractivity contribution in [2.75, 3.05) is 52.4 Å². The van der Waals surface area contributed by atoms with Crippen LogP contribution in [0.1, 0.15) is 212 Å². The minimum atomic E-state index is -1.54. The van der Waals surface area contributed by atoms with Crippen LogP contribution in [-0.2, 0) is 97.6 Å². The molecule has 45 nitrogen and oxygen atoms in total. The smallest absolute Gasteiger partial charge is 0.243 e. The third-order valence-electron chi connectivity index (χ3n) is 23.7. The molecule has 0 aliphatic heterocycles. The highest BCUT2D eigenvalue weighted by atomic mass is 16.2. The number of carbonyl (C=O) groups is 15. The lowest BCUT2D eigenvalue weighted by molar-refractivity contribution is -0.136. The summed E-state index contributed by atoms with van der Waals surface area (Å²) < 4.78 is 0. The number of nitrogens with one attached hydrogen (secondary N) is 19. The van der Waals surface area contributed by atoms with Gasteiger partial charge in [0.1, 0.15) is 84.6 Å². The first-order valence-corrected chi connectivity index (χ1v) is 49.6. The van der Waals surface area contributed by atoms with E-state index in [1.807, 2.05) is 0 Å². The van der Waals surface area contributed by atoms with Crippen molar-refractivity contribution in [2.45, 2.75) is 306 Å². The van der Waals surface area contributed by atoms with E-state index in [0.29, 0.717) is 86.7 Å². The molecule has 142 heavy (non-hydrogen) atoms. The molecule has 0 saturated carbocycles. The number of primary amides is 1. The number of nitrogens with zero attached hydrogens (tertiary/aromatic N) is 1. The molecular weight excluding hydrogens is 1830 g/mol. The Kier molecular flexibility index (Phi) is 58.5. The normalized spacial score (nSPS) is 14.4. The Labute approximate surface area is 833 Å². The molecule has 15 atom stereocenters. The third kappa shape index (κ3) is 47.6. The van der Waals surface area contributed by atoms with Crippen molar-refractivity contribution in [3.05, 3.63) is 126 Å². The molecule has 15 amide bonds. The van der Waals surface area contributed by atoms with Gasteiger partial charge in [0.2, 0.25) is 88.6 Å². The molecule has 0 aliphatic carbocycles. The highest BCUT2D eigenvalue weighted by Crippen LogP contribution is 2.19. The fourth-order valence-electron chi connectivity index (χ4n) is 15.5. The number of nitrogens with two attached hydrogens (primary N) is 10. The quantitative estimate of drug-likeness (QED) is 0.0119. The second-order valence-corrected chi connectivity index (χ2v) is 36.8. The van der Waals surface area contributed by atoms with Crippen LogP contribution in [0.5, 0.6) is 0 Å². The van der Waals surface area contributed by atoms with Gasteiger partial charge in [-0.2, -0.15) is 0 Å². The van der Waals surface area contributed by atoms with Crippen LogP contribution in [0.15, 0.2) is 104 Å². The van der Waals surface area contributed by atoms with Crippen molar-refractivity contribution in [3.8, 4) is 0 Å². The number of benzene rings is 3. The van der Waals surface area contributed by atoms with Crippen molar-refractivity contribution in [3.63, 3.8) is 0 Å². The molecule has 0 fully saturated rings. The zero-order valence-corrected chi connectivity index (χ0v) is 83.3. The van der Waals surface area contributed by atoms with Crippen LogP contribution in [0.2, 0.25) is 0 Å². The zero-order valence-electron chi connectivity index (χ0n) is 83.3. The Morgan fingerprint density at radius 1 is 0.296 bits per heavy atom. The number of carbonyl (C=O) groups excluding carboxylic acids is 15. The molecular formula is C97H162N30O15. The van der Waals surface area contributed by atoms with E-state index in [0.717, 1.165) is 0 Å². The number of aromatic amines is 1. The Hall–Kier alpha value is -12.8. The van der Waals surface area contributed by atoms with E-state index in [2.05, 4.69) is 95.0 Å². The summed E-state index contributed by atoms with van der Waals surface area (Å²) in [5.74, 6) is -14.0. The van der Waals surface area contributed by atoms with E-state index in [1.54, 1.807) is 133 Å². The number of unbranched alkanes of at least 4 members (excludes halogenated alkanes) is 6. The van der Waals surface area contributed by atoms with Gasteiger partial charge in [-0.15, -0.1) is 0 Å². The van der Waals surface area contributed by atoms with Crippen LogP contribution in [0.4, 0.5) is 0 Å². The minimum absolute atomic E-state index is 0.00328. The van der Waals surface area contributed by atoms with Crippen molar-refractivity contribution in [2.24, 2.45) is 75.1 Å². The summed E-state index contributed by atoms with van der Waals surface area (Å²) in [4.78, 5) is 227. The van der Waals surface area contributed by atoms with Gasteiger partial charge in [-0.1, -0.05) is 133 Å². The van der Waals surface area contributed by atoms with Crippen LogP contribution in [0.25, 0.3) is 0 Å². The van der Waals surface area contributed by atoms with E-state index in [1.165, 1.54) is 12.5 Å². The summed E-state index contributed by atoms with van der Waals surface area (Å²) in [6, 6.07) is 5.51. The van der Waals surface area contributed by atoms with Gasteiger partial charge in [0.05, 0.1) is 12.4 Å². The van der Waals surface area contributed by atoms with Gasteiger partial charge in [-0.05, 0) is 221 Å². The van der Waals surface area contributed by atoms with Gasteiger partial charge >= 0.3 is 0 Å². The molecule has 790 valence electrons. The molecule has 4 aromatic rings. The molecule has 0 spiro atoms. The molecule has 39 N–H and O–H groups in total.